The maximum atomic E-state index is 5.82. The van der Waals surface area contributed by atoms with Gasteiger partial charge in [-0.3, -0.25) is 0 Å². The summed E-state index contributed by atoms with van der Waals surface area (Å²) in [6, 6.07) is 13.9. The van der Waals surface area contributed by atoms with Crippen LogP contribution in [-0.4, -0.2) is 21.1 Å². The lowest BCUT2D eigenvalue weighted by atomic mass is 10.2. The van der Waals surface area contributed by atoms with Gasteiger partial charge in [-0.1, -0.05) is 37.3 Å². The molecule has 1 fully saturated rings. The van der Waals surface area contributed by atoms with Gasteiger partial charge in [-0.2, -0.15) is 9.78 Å². The van der Waals surface area contributed by atoms with Gasteiger partial charge in [0.05, 0.1) is 6.21 Å². The maximum absolute atomic E-state index is 5.82. The number of hydrogen-bond donors (Lipinski definition) is 0. The van der Waals surface area contributed by atoms with Gasteiger partial charge in [0.1, 0.15) is 17.8 Å². The van der Waals surface area contributed by atoms with E-state index >= 15 is 0 Å². The van der Waals surface area contributed by atoms with E-state index in [-0.39, 0.29) is 0 Å². The SMILES string of the molecule is C[C@@H]1C[C@H]1c1ccc(/C=N\n2cnnc2-c2ccccc2)o1. The van der Waals surface area contributed by atoms with Crippen LogP contribution in [0.5, 0.6) is 0 Å². The van der Waals surface area contributed by atoms with Crippen molar-refractivity contribution in [1.82, 2.24) is 14.9 Å². The molecule has 2 heterocycles. The van der Waals surface area contributed by atoms with Gasteiger partial charge in [0.25, 0.3) is 0 Å². The van der Waals surface area contributed by atoms with Crippen LogP contribution in [0.3, 0.4) is 0 Å². The topological polar surface area (TPSA) is 56.2 Å². The van der Waals surface area contributed by atoms with E-state index in [4.69, 9.17) is 4.42 Å². The summed E-state index contributed by atoms with van der Waals surface area (Å²) in [6.07, 6.45) is 4.51. The van der Waals surface area contributed by atoms with Crippen molar-refractivity contribution in [2.45, 2.75) is 19.3 Å². The Morgan fingerprint density at radius 2 is 2.05 bits per heavy atom. The van der Waals surface area contributed by atoms with E-state index in [0.717, 1.165) is 23.0 Å². The highest BCUT2D eigenvalue weighted by atomic mass is 16.3. The molecule has 110 valence electrons. The van der Waals surface area contributed by atoms with Crippen LogP contribution in [0.25, 0.3) is 11.4 Å². The second-order valence-electron chi connectivity index (χ2n) is 5.67. The van der Waals surface area contributed by atoms with Gasteiger partial charge in [0.15, 0.2) is 5.82 Å². The van der Waals surface area contributed by atoms with Crippen LogP contribution < -0.4 is 0 Å². The lowest BCUT2D eigenvalue weighted by Crippen LogP contribution is -1.92. The molecule has 0 bridgehead atoms. The zero-order valence-electron chi connectivity index (χ0n) is 12.3. The molecule has 2 atom stereocenters. The first-order valence-corrected chi connectivity index (χ1v) is 7.41. The van der Waals surface area contributed by atoms with E-state index in [9.17, 15) is 0 Å². The third-order valence-electron chi connectivity index (χ3n) is 3.99. The zero-order chi connectivity index (χ0) is 14.9. The first-order chi connectivity index (χ1) is 10.8. The molecule has 0 unspecified atom stereocenters. The Kier molecular flexibility index (Phi) is 3.11. The average molecular weight is 292 g/mol. The third-order valence-corrected chi connectivity index (χ3v) is 3.99. The highest BCUT2D eigenvalue weighted by Gasteiger charge is 2.36. The molecule has 5 nitrogen and oxygen atoms in total. The predicted octanol–water partition coefficient (Wildman–Crippen LogP) is 3.54. The zero-order valence-corrected chi connectivity index (χ0v) is 12.3. The fraction of sp³-hybridized carbons (Fsp3) is 0.235. The number of rotatable bonds is 4. The fourth-order valence-corrected chi connectivity index (χ4v) is 2.57. The Morgan fingerprint density at radius 1 is 1.23 bits per heavy atom. The summed E-state index contributed by atoms with van der Waals surface area (Å²) in [4.78, 5) is 0. The van der Waals surface area contributed by atoms with Gasteiger partial charge < -0.3 is 4.42 Å². The van der Waals surface area contributed by atoms with Crippen LogP contribution in [0.1, 0.15) is 30.8 Å². The molecule has 0 spiro atoms. The van der Waals surface area contributed by atoms with Crippen molar-refractivity contribution >= 4 is 6.21 Å². The first kappa shape index (κ1) is 13.0. The van der Waals surface area contributed by atoms with Crippen LogP contribution in [0.2, 0.25) is 0 Å². The molecule has 1 aliphatic rings. The Bertz CT molecular complexity index is 803. The minimum Gasteiger partial charge on any atom is -0.460 e. The Labute approximate surface area is 128 Å². The van der Waals surface area contributed by atoms with Crippen LogP contribution in [-0.2, 0) is 0 Å². The van der Waals surface area contributed by atoms with Gasteiger partial charge in [0, 0.05) is 11.5 Å². The van der Waals surface area contributed by atoms with E-state index in [2.05, 4.69) is 22.2 Å². The fourth-order valence-electron chi connectivity index (χ4n) is 2.57. The van der Waals surface area contributed by atoms with Gasteiger partial charge in [-0.05, 0) is 24.5 Å². The van der Waals surface area contributed by atoms with Gasteiger partial charge in [-0.25, -0.2) is 0 Å². The van der Waals surface area contributed by atoms with E-state index in [1.165, 1.54) is 6.42 Å². The molecule has 1 aromatic carbocycles. The molecule has 3 aromatic rings. The monoisotopic (exact) mass is 292 g/mol. The molecule has 1 saturated carbocycles. The predicted molar refractivity (Wildman–Crippen MR) is 83.7 cm³/mol. The lowest BCUT2D eigenvalue weighted by molar-refractivity contribution is 0.500. The number of nitrogens with zero attached hydrogens (tertiary/aromatic N) is 4. The first-order valence-electron chi connectivity index (χ1n) is 7.41. The van der Waals surface area contributed by atoms with Crippen molar-refractivity contribution in [1.29, 1.82) is 0 Å². The van der Waals surface area contributed by atoms with Crippen molar-refractivity contribution in [3.05, 3.63) is 60.3 Å². The second kappa shape index (κ2) is 5.26. The third kappa shape index (κ3) is 2.45. The summed E-state index contributed by atoms with van der Waals surface area (Å²) in [5.41, 5.74) is 0.976. The standard InChI is InChI=1S/C17H16N4O/c1-12-9-15(12)16-8-7-14(22-16)10-19-21-11-18-20-17(21)13-5-3-2-4-6-13/h2-8,10-12,15H,9H2,1H3/b19-10-/t12-,15-/m1/s1. The Hall–Kier alpha value is -2.69. The number of furan rings is 1. The second-order valence-corrected chi connectivity index (χ2v) is 5.67. The summed E-state index contributed by atoms with van der Waals surface area (Å²) in [7, 11) is 0. The minimum absolute atomic E-state index is 0.581. The largest absolute Gasteiger partial charge is 0.460 e. The van der Waals surface area contributed by atoms with Crippen LogP contribution in [0, 0.1) is 5.92 Å². The molecular weight excluding hydrogens is 276 g/mol. The van der Waals surface area contributed by atoms with Gasteiger partial charge in [0.2, 0.25) is 0 Å². The van der Waals surface area contributed by atoms with Crippen molar-refractivity contribution < 1.29 is 4.42 Å². The average Bonchev–Trinajstić information content (AvgIpc) is 2.97. The molecule has 4 rings (SSSR count). The van der Waals surface area contributed by atoms with Crippen molar-refractivity contribution in [3.63, 3.8) is 0 Å². The van der Waals surface area contributed by atoms with Crippen LogP contribution >= 0.6 is 0 Å². The quantitative estimate of drug-likeness (QED) is 0.691. The van der Waals surface area contributed by atoms with Crippen molar-refractivity contribution in [2.24, 2.45) is 11.0 Å². The molecule has 2 aromatic heterocycles. The van der Waals surface area contributed by atoms with Crippen LogP contribution in [0.15, 0.2) is 58.3 Å². The van der Waals surface area contributed by atoms with Crippen molar-refractivity contribution in [3.8, 4) is 11.4 Å². The molecule has 0 amide bonds. The van der Waals surface area contributed by atoms with E-state index in [1.54, 1.807) is 17.2 Å². The molecule has 0 radical (unpaired) electrons. The molecule has 5 heteroatoms. The minimum atomic E-state index is 0.581. The molecular formula is C17H16N4O. The number of benzene rings is 1. The van der Waals surface area contributed by atoms with Crippen LogP contribution in [0.4, 0.5) is 0 Å². The summed E-state index contributed by atoms with van der Waals surface area (Å²) in [5.74, 6) is 3.83. The normalized spacial score (nSPS) is 20.6. The maximum Gasteiger partial charge on any atom is 0.184 e. The highest BCUT2D eigenvalue weighted by Crippen LogP contribution is 2.47. The summed E-state index contributed by atoms with van der Waals surface area (Å²) in [6.45, 7) is 2.24. The number of hydrogen-bond acceptors (Lipinski definition) is 4. The summed E-state index contributed by atoms with van der Waals surface area (Å²) in [5, 5.41) is 12.5. The summed E-state index contributed by atoms with van der Waals surface area (Å²) >= 11 is 0. The Balaban J connectivity index is 1.56. The molecule has 1 aliphatic carbocycles. The molecule has 0 aliphatic heterocycles. The lowest BCUT2D eigenvalue weighted by Gasteiger charge is -1.99. The summed E-state index contributed by atoms with van der Waals surface area (Å²) < 4.78 is 7.47. The number of aromatic nitrogens is 3. The molecule has 0 saturated heterocycles. The highest BCUT2D eigenvalue weighted by molar-refractivity contribution is 5.76. The van der Waals surface area contributed by atoms with Gasteiger partial charge >= 0.3 is 0 Å². The van der Waals surface area contributed by atoms with E-state index in [0.29, 0.717) is 11.7 Å². The molecule has 0 N–H and O–H groups in total. The van der Waals surface area contributed by atoms with E-state index < -0.39 is 0 Å². The van der Waals surface area contributed by atoms with E-state index in [1.807, 2.05) is 42.5 Å². The van der Waals surface area contributed by atoms with Gasteiger partial charge in [-0.15, -0.1) is 10.2 Å². The molecule has 22 heavy (non-hydrogen) atoms. The Morgan fingerprint density at radius 3 is 2.82 bits per heavy atom. The smallest absolute Gasteiger partial charge is 0.184 e. The van der Waals surface area contributed by atoms with Crippen molar-refractivity contribution in [2.75, 3.05) is 0 Å².